The predicted octanol–water partition coefficient (Wildman–Crippen LogP) is 0.190. The Bertz CT molecular complexity index is 715. The highest BCUT2D eigenvalue weighted by Crippen LogP contribution is 2.19. The molecule has 0 saturated carbocycles. The van der Waals surface area contributed by atoms with Gasteiger partial charge in [-0.1, -0.05) is 0 Å². The first-order valence-electron chi connectivity index (χ1n) is 6.61. The molecule has 2 aromatic rings. The molecule has 1 fully saturated rings. The maximum absolute atomic E-state index is 12.1. The van der Waals surface area contributed by atoms with Gasteiger partial charge >= 0.3 is 0 Å². The number of amides is 1. The molecule has 0 aromatic carbocycles. The molecule has 1 aliphatic rings. The van der Waals surface area contributed by atoms with E-state index in [9.17, 15) is 9.59 Å². The van der Waals surface area contributed by atoms with Crippen molar-refractivity contribution in [1.82, 2.24) is 19.6 Å². The Hall–Kier alpha value is -2.48. The van der Waals surface area contributed by atoms with Gasteiger partial charge in [-0.05, 0) is 12.5 Å². The van der Waals surface area contributed by atoms with Crippen LogP contribution in [0.1, 0.15) is 23.0 Å². The number of ether oxygens (including phenoxy) is 1. The van der Waals surface area contributed by atoms with E-state index < -0.39 is 0 Å². The molecule has 1 N–H and O–H groups in total. The molecule has 0 spiro atoms. The van der Waals surface area contributed by atoms with Crippen molar-refractivity contribution in [3.63, 3.8) is 0 Å². The van der Waals surface area contributed by atoms with Crippen LogP contribution in [-0.2, 0) is 11.8 Å². The van der Waals surface area contributed by atoms with E-state index in [-0.39, 0.29) is 23.2 Å². The third-order valence-corrected chi connectivity index (χ3v) is 3.33. The van der Waals surface area contributed by atoms with Crippen molar-refractivity contribution < 1.29 is 9.53 Å². The number of nitrogens with one attached hydrogen (secondary N) is 1. The molecule has 1 amide bonds. The van der Waals surface area contributed by atoms with Crippen LogP contribution < -0.4 is 10.9 Å². The van der Waals surface area contributed by atoms with Crippen molar-refractivity contribution in [2.45, 2.75) is 12.5 Å². The van der Waals surface area contributed by atoms with E-state index in [0.29, 0.717) is 12.3 Å². The van der Waals surface area contributed by atoms with Crippen molar-refractivity contribution in [2.24, 2.45) is 7.05 Å². The van der Waals surface area contributed by atoms with E-state index in [1.54, 1.807) is 17.1 Å². The molecule has 3 rings (SSSR count). The summed E-state index contributed by atoms with van der Waals surface area (Å²) in [5.74, 6) is -0.382. The molecule has 8 nitrogen and oxygen atoms in total. The van der Waals surface area contributed by atoms with Crippen molar-refractivity contribution in [3.8, 4) is 0 Å². The van der Waals surface area contributed by atoms with E-state index in [1.165, 1.54) is 19.2 Å². The van der Waals surface area contributed by atoms with Gasteiger partial charge in [0.1, 0.15) is 5.69 Å². The molecule has 0 bridgehead atoms. The van der Waals surface area contributed by atoms with Crippen molar-refractivity contribution in [3.05, 3.63) is 40.6 Å². The molecule has 110 valence electrons. The van der Waals surface area contributed by atoms with Gasteiger partial charge in [-0.25, -0.2) is 4.68 Å². The summed E-state index contributed by atoms with van der Waals surface area (Å²) in [5.41, 5.74) is 0.497. The lowest BCUT2D eigenvalue weighted by atomic mass is 10.3. The number of hydrogen-bond acceptors (Lipinski definition) is 5. The third-order valence-electron chi connectivity index (χ3n) is 3.33. The van der Waals surface area contributed by atoms with Gasteiger partial charge in [0, 0.05) is 25.9 Å². The highest BCUT2D eigenvalue weighted by molar-refractivity contribution is 6.02. The predicted molar refractivity (Wildman–Crippen MR) is 74.1 cm³/mol. The smallest absolute Gasteiger partial charge is 0.276 e. The molecule has 1 aliphatic heterocycles. The summed E-state index contributed by atoms with van der Waals surface area (Å²) in [5, 5.41) is 10.8. The van der Waals surface area contributed by atoms with E-state index in [4.69, 9.17) is 4.74 Å². The van der Waals surface area contributed by atoms with Crippen LogP contribution in [0.3, 0.4) is 0 Å². The molecule has 1 atom stereocenters. The quantitative estimate of drug-likeness (QED) is 0.871. The summed E-state index contributed by atoms with van der Waals surface area (Å²) in [6.07, 6.45) is 4.26. The molecule has 2 aromatic heterocycles. The number of carbonyl (C=O) groups excluding carboxylic acids is 1. The Kier molecular flexibility index (Phi) is 3.53. The fourth-order valence-corrected chi connectivity index (χ4v) is 2.15. The zero-order valence-electron chi connectivity index (χ0n) is 11.5. The number of nitrogens with zero attached hydrogens (tertiary/aromatic N) is 4. The van der Waals surface area contributed by atoms with Gasteiger partial charge in [-0.15, -0.1) is 0 Å². The number of rotatable bonds is 3. The molecular formula is C13H15N5O3. The Morgan fingerprint density at radius 1 is 1.48 bits per heavy atom. The van der Waals surface area contributed by atoms with Crippen LogP contribution in [0.2, 0.25) is 0 Å². The molecule has 3 heterocycles. The Labute approximate surface area is 120 Å². The molecule has 8 heteroatoms. The topological polar surface area (TPSA) is 91.0 Å². The van der Waals surface area contributed by atoms with Crippen LogP contribution in [0.4, 0.5) is 5.69 Å². The Morgan fingerprint density at radius 3 is 3.05 bits per heavy atom. The van der Waals surface area contributed by atoms with Crippen LogP contribution in [0.5, 0.6) is 0 Å². The Balaban J connectivity index is 1.72. The van der Waals surface area contributed by atoms with Crippen molar-refractivity contribution in [2.75, 3.05) is 18.5 Å². The summed E-state index contributed by atoms with van der Waals surface area (Å²) in [4.78, 5) is 23.3. The van der Waals surface area contributed by atoms with Crippen LogP contribution in [-0.4, -0.2) is 38.7 Å². The Morgan fingerprint density at radius 2 is 2.33 bits per heavy atom. The van der Waals surface area contributed by atoms with Gasteiger partial charge < -0.3 is 10.1 Å². The van der Waals surface area contributed by atoms with Gasteiger partial charge in [0.25, 0.3) is 11.5 Å². The lowest BCUT2D eigenvalue weighted by Gasteiger charge is -2.07. The summed E-state index contributed by atoms with van der Waals surface area (Å²) in [7, 11) is 1.50. The fraction of sp³-hybridized carbons (Fsp3) is 0.385. The minimum absolute atomic E-state index is 0.175. The second-order valence-electron chi connectivity index (χ2n) is 4.86. The summed E-state index contributed by atoms with van der Waals surface area (Å²) >= 11 is 0. The van der Waals surface area contributed by atoms with E-state index in [2.05, 4.69) is 15.5 Å². The molecule has 1 unspecified atom stereocenters. The number of anilines is 1. The molecular weight excluding hydrogens is 274 g/mol. The maximum Gasteiger partial charge on any atom is 0.276 e. The van der Waals surface area contributed by atoms with Gasteiger partial charge in [0.15, 0.2) is 0 Å². The molecule has 0 aliphatic carbocycles. The lowest BCUT2D eigenvalue weighted by Crippen LogP contribution is -2.23. The van der Waals surface area contributed by atoms with Crippen molar-refractivity contribution >= 4 is 11.6 Å². The normalized spacial score (nSPS) is 17.9. The minimum atomic E-state index is -0.382. The van der Waals surface area contributed by atoms with Crippen LogP contribution >= 0.6 is 0 Å². The lowest BCUT2D eigenvalue weighted by molar-refractivity contribution is 0.102. The number of hydrogen-bond donors (Lipinski definition) is 1. The van der Waals surface area contributed by atoms with Gasteiger partial charge in [-0.3, -0.25) is 14.3 Å². The van der Waals surface area contributed by atoms with E-state index >= 15 is 0 Å². The first-order valence-corrected chi connectivity index (χ1v) is 6.61. The van der Waals surface area contributed by atoms with E-state index in [0.717, 1.165) is 17.7 Å². The van der Waals surface area contributed by atoms with E-state index in [1.807, 2.05) is 0 Å². The average Bonchev–Trinajstić information content (AvgIpc) is 3.12. The highest BCUT2D eigenvalue weighted by atomic mass is 16.5. The first-order chi connectivity index (χ1) is 10.1. The molecule has 1 saturated heterocycles. The van der Waals surface area contributed by atoms with Gasteiger partial charge in [0.2, 0.25) is 0 Å². The molecule has 0 radical (unpaired) electrons. The fourth-order valence-electron chi connectivity index (χ4n) is 2.15. The second kappa shape index (κ2) is 5.49. The largest absolute Gasteiger partial charge is 0.379 e. The van der Waals surface area contributed by atoms with Crippen LogP contribution in [0.25, 0.3) is 0 Å². The zero-order chi connectivity index (χ0) is 14.8. The second-order valence-corrected chi connectivity index (χ2v) is 4.86. The molecule has 21 heavy (non-hydrogen) atoms. The highest BCUT2D eigenvalue weighted by Gasteiger charge is 2.19. The van der Waals surface area contributed by atoms with Crippen molar-refractivity contribution in [1.29, 1.82) is 0 Å². The first kappa shape index (κ1) is 13.5. The number of carbonyl (C=O) groups is 1. The number of aromatic nitrogens is 4. The zero-order valence-corrected chi connectivity index (χ0v) is 11.5. The number of aryl methyl sites for hydroxylation is 1. The third kappa shape index (κ3) is 2.84. The van der Waals surface area contributed by atoms with Crippen LogP contribution in [0.15, 0.2) is 29.3 Å². The summed E-state index contributed by atoms with van der Waals surface area (Å²) < 4.78 is 8.21. The standard InChI is InChI=1S/C13H15N5O3/c1-17-12(19)3-2-11(16-17)13(20)15-9-6-14-18(7-9)10-4-5-21-8-10/h2-3,6-7,10H,4-5,8H2,1H3,(H,15,20). The van der Waals surface area contributed by atoms with Crippen LogP contribution in [0, 0.1) is 0 Å². The minimum Gasteiger partial charge on any atom is -0.379 e. The summed E-state index contributed by atoms with van der Waals surface area (Å²) in [6.45, 7) is 1.37. The summed E-state index contributed by atoms with van der Waals surface area (Å²) in [6, 6.07) is 2.92. The SMILES string of the molecule is Cn1nc(C(=O)Nc2cnn(C3CCOC3)c2)ccc1=O. The monoisotopic (exact) mass is 289 g/mol. The average molecular weight is 289 g/mol. The maximum atomic E-state index is 12.1. The van der Waals surface area contributed by atoms with Gasteiger partial charge in [0.05, 0.1) is 24.5 Å². The van der Waals surface area contributed by atoms with Gasteiger partial charge in [-0.2, -0.15) is 10.2 Å².